The molecule has 1 aromatic heterocycles. The molecule has 0 aromatic carbocycles. The number of amides is 1. The summed E-state index contributed by atoms with van der Waals surface area (Å²) in [5, 5.41) is 4.01. The molecule has 0 saturated heterocycles. The van der Waals surface area contributed by atoms with Crippen LogP contribution in [0.4, 0.5) is 5.69 Å². The van der Waals surface area contributed by atoms with Crippen molar-refractivity contribution in [3.63, 3.8) is 0 Å². The Bertz CT molecular complexity index is 384. The van der Waals surface area contributed by atoms with Crippen LogP contribution < -0.4 is 11.5 Å². The van der Waals surface area contributed by atoms with Crippen molar-refractivity contribution in [1.29, 1.82) is 0 Å². The van der Waals surface area contributed by atoms with Gasteiger partial charge in [0.2, 0.25) is 0 Å². The van der Waals surface area contributed by atoms with Crippen LogP contribution in [-0.4, -0.2) is 28.4 Å². The SMILES string of the molecule is COC(C)(C)CCn1cc(N)c(C(N)=O)n1. The van der Waals surface area contributed by atoms with Gasteiger partial charge in [-0.15, -0.1) is 0 Å². The molecule has 0 bridgehead atoms. The number of nitrogens with zero attached hydrogens (tertiary/aromatic N) is 2. The first kappa shape index (κ1) is 12.5. The summed E-state index contributed by atoms with van der Waals surface area (Å²) in [6.45, 7) is 4.59. The Morgan fingerprint density at radius 1 is 1.62 bits per heavy atom. The summed E-state index contributed by atoms with van der Waals surface area (Å²) in [6, 6.07) is 0. The van der Waals surface area contributed by atoms with Crippen LogP contribution in [0, 0.1) is 0 Å². The molecule has 6 nitrogen and oxygen atoms in total. The maximum absolute atomic E-state index is 10.9. The molecule has 1 heterocycles. The Kier molecular flexibility index (Phi) is 3.54. The van der Waals surface area contributed by atoms with E-state index < -0.39 is 5.91 Å². The molecule has 0 saturated carbocycles. The second-order valence-corrected chi connectivity index (χ2v) is 4.27. The average Bonchev–Trinajstić information content (AvgIpc) is 2.57. The second kappa shape index (κ2) is 4.52. The largest absolute Gasteiger partial charge is 0.396 e. The molecule has 0 atom stereocenters. The molecule has 1 amide bonds. The van der Waals surface area contributed by atoms with E-state index in [1.807, 2.05) is 13.8 Å². The first-order chi connectivity index (χ1) is 7.35. The van der Waals surface area contributed by atoms with E-state index in [0.717, 1.165) is 6.42 Å². The molecule has 90 valence electrons. The van der Waals surface area contributed by atoms with Crippen molar-refractivity contribution in [2.75, 3.05) is 12.8 Å². The van der Waals surface area contributed by atoms with Crippen molar-refractivity contribution < 1.29 is 9.53 Å². The van der Waals surface area contributed by atoms with Crippen molar-refractivity contribution >= 4 is 11.6 Å². The quantitative estimate of drug-likeness (QED) is 0.758. The van der Waals surface area contributed by atoms with Crippen molar-refractivity contribution in [1.82, 2.24) is 9.78 Å². The van der Waals surface area contributed by atoms with E-state index in [1.165, 1.54) is 0 Å². The molecule has 0 fully saturated rings. The summed E-state index contributed by atoms with van der Waals surface area (Å²) in [4.78, 5) is 10.9. The minimum atomic E-state index is -0.609. The molecule has 0 aliphatic carbocycles. The summed E-state index contributed by atoms with van der Waals surface area (Å²) in [7, 11) is 1.66. The number of hydrogen-bond donors (Lipinski definition) is 2. The summed E-state index contributed by atoms with van der Waals surface area (Å²) < 4.78 is 6.89. The Balaban J connectivity index is 2.69. The van der Waals surface area contributed by atoms with Crippen LogP contribution in [0.3, 0.4) is 0 Å². The third kappa shape index (κ3) is 2.96. The van der Waals surface area contributed by atoms with E-state index in [1.54, 1.807) is 18.0 Å². The molecule has 6 heteroatoms. The average molecular weight is 226 g/mol. The van der Waals surface area contributed by atoms with E-state index in [4.69, 9.17) is 16.2 Å². The Hall–Kier alpha value is -1.56. The normalized spacial score (nSPS) is 11.7. The van der Waals surface area contributed by atoms with Gasteiger partial charge < -0.3 is 16.2 Å². The fourth-order valence-electron chi connectivity index (χ4n) is 1.23. The first-order valence-electron chi connectivity index (χ1n) is 5.03. The molecule has 0 spiro atoms. The van der Waals surface area contributed by atoms with Crippen molar-refractivity contribution in [2.24, 2.45) is 5.73 Å². The Morgan fingerprint density at radius 2 is 2.25 bits per heavy atom. The molecule has 16 heavy (non-hydrogen) atoms. The number of anilines is 1. The number of rotatable bonds is 5. The number of aryl methyl sites for hydroxylation is 1. The number of nitrogens with two attached hydrogens (primary N) is 2. The lowest BCUT2D eigenvalue weighted by Crippen LogP contribution is -2.24. The summed E-state index contributed by atoms with van der Waals surface area (Å²) >= 11 is 0. The highest BCUT2D eigenvalue weighted by atomic mass is 16.5. The van der Waals surface area contributed by atoms with E-state index in [0.29, 0.717) is 12.2 Å². The number of primary amides is 1. The van der Waals surface area contributed by atoms with Crippen molar-refractivity contribution in [2.45, 2.75) is 32.4 Å². The predicted octanol–water partition coefficient (Wildman–Crippen LogP) is 0.379. The van der Waals surface area contributed by atoms with E-state index >= 15 is 0 Å². The zero-order chi connectivity index (χ0) is 12.3. The fourth-order valence-corrected chi connectivity index (χ4v) is 1.23. The van der Waals surface area contributed by atoms with E-state index in [2.05, 4.69) is 5.10 Å². The molecular formula is C10H18N4O2. The smallest absolute Gasteiger partial charge is 0.271 e. The van der Waals surface area contributed by atoms with E-state index in [-0.39, 0.29) is 11.3 Å². The Labute approximate surface area is 94.5 Å². The maximum Gasteiger partial charge on any atom is 0.271 e. The number of ether oxygens (including phenoxy) is 1. The monoisotopic (exact) mass is 226 g/mol. The molecule has 4 N–H and O–H groups in total. The number of hydrogen-bond acceptors (Lipinski definition) is 4. The van der Waals surface area contributed by atoms with Crippen LogP contribution >= 0.6 is 0 Å². The van der Waals surface area contributed by atoms with Gasteiger partial charge >= 0.3 is 0 Å². The van der Waals surface area contributed by atoms with Gasteiger partial charge in [-0.05, 0) is 20.3 Å². The Morgan fingerprint density at radius 3 is 2.69 bits per heavy atom. The zero-order valence-electron chi connectivity index (χ0n) is 9.86. The van der Waals surface area contributed by atoms with Crippen molar-refractivity contribution in [3.8, 4) is 0 Å². The van der Waals surface area contributed by atoms with Crippen LogP contribution in [0.2, 0.25) is 0 Å². The third-order valence-electron chi connectivity index (χ3n) is 2.52. The van der Waals surface area contributed by atoms with Crippen LogP contribution in [0.1, 0.15) is 30.8 Å². The molecule has 1 aromatic rings. The standard InChI is InChI=1S/C10H18N4O2/c1-10(2,16-3)4-5-14-6-7(11)8(13-14)9(12)15/h6H,4-5,11H2,1-3H3,(H2,12,15). The van der Waals surface area contributed by atoms with Gasteiger partial charge in [-0.2, -0.15) is 5.10 Å². The molecule has 0 unspecified atom stereocenters. The number of aromatic nitrogens is 2. The highest BCUT2D eigenvalue weighted by molar-refractivity contribution is 5.95. The highest BCUT2D eigenvalue weighted by Crippen LogP contribution is 2.15. The fraction of sp³-hybridized carbons (Fsp3) is 0.600. The lowest BCUT2D eigenvalue weighted by Gasteiger charge is -2.22. The third-order valence-corrected chi connectivity index (χ3v) is 2.52. The van der Waals surface area contributed by atoms with E-state index in [9.17, 15) is 4.79 Å². The van der Waals surface area contributed by atoms with Gasteiger partial charge in [-0.25, -0.2) is 0 Å². The molecule has 1 rings (SSSR count). The lowest BCUT2D eigenvalue weighted by atomic mass is 10.1. The van der Waals surface area contributed by atoms with Gasteiger partial charge in [0.05, 0.1) is 11.3 Å². The topological polar surface area (TPSA) is 96.2 Å². The zero-order valence-corrected chi connectivity index (χ0v) is 9.86. The van der Waals surface area contributed by atoms with Gasteiger partial charge in [0, 0.05) is 19.9 Å². The minimum absolute atomic E-state index is 0.121. The number of nitrogen functional groups attached to an aromatic ring is 1. The highest BCUT2D eigenvalue weighted by Gasteiger charge is 2.17. The first-order valence-corrected chi connectivity index (χ1v) is 5.03. The lowest BCUT2D eigenvalue weighted by molar-refractivity contribution is 0.0113. The summed E-state index contributed by atoms with van der Waals surface area (Å²) in [5.41, 5.74) is 10.9. The molecule has 0 aliphatic rings. The summed E-state index contributed by atoms with van der Waals surface area (Å²) in [5.74, 6) is -0.609. The summed E-state index contributed by atoms with van der Waals surface area (Å²) in [6.07, 6.45) is 2.37. The van der Waals surface area contributed by atoms with Crippen LogP contribution in [0.15, 0.2) is 6.20 Å². The maximum atomic E-state index is 10.9. The van der Waals surface area contributed by atoms with Gasteiger partial charge in [-0.1, -0.05) is 0 Å². The predicted molar refractivity (Wildman–Crippen MR) is 60.9 cm³/mol. The van der Waals surface area contributed by atoms with Crippen LogP contribution in [0.5, 0.6) is 0 Å². The van der Waals surface area contributed by atoms with Gasteiger partial charge in [0.15, 0.2) is 5.69 Å². The van der Waals surface area contributed by atoms with Crippen molar-refractivity contribution in [3.05, 3.63) is 11.9 Å². The molecule has 0 aliphatic heterocycles. The van der Waals surface area contributed by atoms with Crippen LogP contribution in [0.25, 0.3) is 0 Å². The second-order valence-electron chi connectivity index (χ2n) is 4.27. The number of carbonyl (C=O) groups excluding carboxylic acids is 1. The van der Waals surface area contributed by atoms with Gasteiger partial charge in [0.25, 0.3) is 5.91 Å². The number of carbonyl (C=O) groups is 1. The molecular weight excluding hydrogens is 208 g/mol. The van der Waals surface area contributed by atoms with Gasteiger partial charge in [-0.3, -0.25) is 9.48 Å². The molecule has 0 radical (unpaired) electrons. The number of methoxy groups -OCH3 is 1. The van der Waals surface area contributed by atoms with Crippen LogP contribution in [-0.2, 0) is 11.3 Å². The minimum Gasteiger partial charge on any atom is -0.396 e. The van der Waals surface area contributed by atoms with Gasteiger partial charge in [0.1, 0.15) is 0 Å².